The van der Waals surface area contributed by atoms with E-state index in [2.05, 4.69) is 25.8 Å². The van der Waals surface area contributed by atoms with E-state index in [1.165, 1.54) is 6.20 Å². The van der Waals surface area contributed by atoms with E-state index in [9.17, 15) is 18.0 Å². The zero-order valence-electron chi connectivity index (χ0n) is 16.3. The number of halogens is 3. The van der Waals surface area contributed by atoms with Crippen LogP contribution in [0.2, 0.25) is 0 Å². The molecule has 0 bridgehead atoms. The van der Waals surface area contributed by atoms with Crippen molar-refractivity contribution in [2.24, 2.45) is 0 Å². The van der Waals surface area contributed by atoms with Gasteiger partial charge in [-0.05, 0) is 39.0 Å². The third kappa shape index (κ3) is 3.70. The number of aryl methyl sites for hydroxylation is 1. The highest BCUT2D eigenvalue weighted by Crippen LogP contribution is 2.41. The Balaban J connectivity index is 1.66. The molecule has 0 saturated carbocycles. The number of aromatic nitrogens is 3. The Morgan fingerprint density at radius 1 is 1.17 bits per heavy atom. The SMILES string of the molecule is Cc1ccc(NC(C)(C)C(=O)Nc2nc3c(C(F)(F)F)cc4[nH]ncc4c3s2)cc1. The zero-order chi connectivity index (χ0) is 21.7. The number of nitrogens with one attached hydrogen (secondary N) is 3. The number of benzene rings is 2. The van der Waals surface area contributed by atoms with Crippen LogP contribution in [-0.4, -0.2) is 26.6 Å². The quantitative estimate of drug-likeness (QED) is 0.406. The molecule has 2 aromatic carbocycles. The number of amides is 1. The van der Waals surface area contributed by atoms with Crippen molar-refractivity contribution in [3.63, 3.8) is 0 Å². The lowest BCUT2D eigenvalue weighted by atomic mass is 10.0. The molecular formula is C20H18F3N5OS. The van der Waals surface area contributed by atoms with Gasteiger partial charge in [-0.15, -0.1) is 0 Å². The minimum atomic E-state index is -4.58. The summed E-state index contributed by atoms with van der Waals surface area (Å²) in [5, 5.41) is 12.8. The predicted octanol–water partition coefficient (Wildman–Crippen LogP) is 5.33. The summed E-state index contributed by atoms with van der Waals surface area (Å²) < 4.78 is 40.9. The molecule has 0 aliphatic rings. The van der Waals surface area contributed by atoms with Gasteiger partial charge >= 0.3 is 6.18 Å². The van der Waals surface area contributed by atoms with E-state index in [-0.39, 0.29) is 16.2 Å². The molecular weight excluding hydrogens is 415 g/mol. The number of alkyl halides is 3. The van der Waals surface area contributed by atoms with Crippen molar-refractivity contribution < 1.29 is 18.0 Å². The Morgan fingerprint density at radius 3 is 2.53 bits per heavy atom. The molecule has 4 aromatic rings. The van der Waals surface area contributed by atoms with Gasteiger partial charge in [0, 0.05) is 11.1 Å². The molecule has 6 nitrogen and oxygen atoms in total. The van der Waals surface area contributed by atoms with Crippen LogP contribution in [0, 0.1) is 6.92 Å². The number of hydrogen-bond acceptors (Lipinski definition) is 5. The Morgan fingerprint density at radius 2 is 1.87 bits per heavy atom. The molecule has 156 valence electrons. The number of carbonyl (C=O) groups excluding carboxylic acids is 1. The minimum Gasteiger partial charge on any atom is -0.372 e. The average Bonchev–Trinajstić information content (AvgIpc) is 3.27. The maximum absolute atomic E-state index is 13.5. The third-order valence-electron chi connectivity index (χ3n) is 4.69. The summed E-state index contributed by atoms with van der Waals surface area (Å²) in [4.78, 5) is 16.9. The Kier molecular flexibility index (Phi) is 4.69. The van der Waals surface area contributed by atoms with Crippen molar-refractivity contribution in [1.29, 1.82) is 0 Å². The number of carbonyl (C=O) groups is 1. The number of anilines is 2. The van der Waals surface area contributed by atoms with E-state index in [0.29, 0.717) is 10.1 Å². The van der Waals surface area contributed by atoms with Crippen LogP contribution in [0.3, 0.4) is 0 Å². The van der Waals surface area contributed by atoms with Gasteiger partial charge in [0.05, 0.1) is 27.5 Å². The molecule has 2 heterocycles. The molecule has 0 atom stereocenters. The first-order valence-corrected chi connectivity index (χ1v) is 9.86. The number of fused-ring (bicyclic) bond motifs is 3. The molecule has 0 aliphatic carbocycles. The maximum atomic E-state index is 13.5. The first kappa shape index (κ1) is 20.1. The lowest BCUT2D eigenvalue weighted by Crippen LogP contribution is -2.44. The van der Waals surface area contributed by atoms with Gasteiger partial charge in [0.2, 0.25) is 0 Å². The van der Waals surface area contributed by atoms with Crippen LogP contribution in [0.1, 0.15) is 25.0 Å². The summed E-state index contributed by atoms with van der Waals surface area (Å²) in [5.74, 6) is -0.417. The van der Waals surface area contributed by atoms with E-state index >= 15 is 0 Å². The second-order valence-corrected chi connectivity index (χ2v) is 8.52. The molecule has 0 unspecified atom stereocenters. The van der Waals surface area contributed by atoms with Gasteiger partial charge in [-0.1, -0.05) is 29.0 Å². The van der Waals surface area contributed by atoms with Gasteiger partial charge in [0.25, 0.3) is 5.91 Å². The largest absolute Gasteiger partial charge is 0.418 e. The predicted molar refractivity (Wildman–Crippen MR) is 112 cm³/mol. The molecule has 3 N–H and O–H groups in total. The first-order valence-electron chi connectivity index (χ1n) is 9.05. The lowest BCUT2D eigenvalue weighted by Gasteiger charge is -2.25. The number of rotatable bonds is 4. The van der Waals surface area contributed by atoms with Crippen molar-refractivity contribution in [1.82, 2.24) is 15.2 Å². The summed E-state index contributed by atoms with van der Waals surface area (Å²) in [6, 6.07) is 8.52. The highest BCUT2D eigenvalue weighted by Gasteiger charge is 2.36. The number of hydrogen-bond donors (Lipinski definition) is 3. The van der Waals surface area contributed by atoms with E-state index in [0.717, 1.165) is 28.7 Å². The lowest BCUT2D eigenvalue weighted by molar-refractivity contribution is -0.136. The van der Waals surface area contributed by atoms with E-state index < -0.39 is 23.2 Å². The summed E-state index contributed by atoms with van der Waals surface area (Å²) in [5.41, 5.74) is -0.000122. The molecule has 10 heteroatoms. The van der Waals surface area contributed by atoms with Gasteiger partial charge in [-0.3, -0.25) is 15.2 Å². The first-order chi connectivity index (χ1) is 14.0. The molecule has 1 amide bonds. The van der Waals surface area contributed by atoms with Crippen LogP contribution in [-0.2, 0) is 11.0 Å². The average molecular weight is 433 g/mol. The number of H-pyrrole nitrogens is 1. The molecule has 0 aliphatic heterocycles. The Bertz CT molecular complexity index is 1240. The number of aromatic amines is 1. The summed E-state index contributed by atoms with van der Waals surface area (Å²) in [6.45, 7) is 5.33. The van der Waals surface area contributed by atoms with Crippen molar-refractivity contribution in [2.45, 2.75) is 32.5 Å². The van der Waals surface area contributed by atoms with E-state index in [1.807, 2.05) is 31.2 Å². The fourth-order valence-electron chi connectivity index (χ4n) is 3.06. The van der Waals surface area contributed by atoms with Crippen molar-refractivity contribution in [3.05, 3.63) is 47.7 Å². The topological polar surface area (TPSA) is 82.7 Å². The second-order valence-electron chi connectivity index (χ2n) is 7.52. The smallest absolute Gasteiger partial charge is 0.372 e. The zero-order valence-corrected chi connectivity index (χ0v) is 17.1. The Hall–Kier alpha value is -3.14. The minimum absolute atomic E-state index is 0.0907. The summed E-state index contributed by atoms with van der Waals surface area (Å²) in [6.07, 6.45) is -3.14. The van der Waals surface area contributed by atoms with Gasteiger partial charge in [0.15, 0.2) is 5.13 Å². The Labute approximate surface area is 173 Å². The van der Waals surface area contributed by atoms with Gasteiger partial charge in [0.1, 0.15) is 5.54 Å². The van der Waals surface area contributed by atoms with Crippen molar-refractivity contribution in [2.75, 3.05) is 10.6 Å². The monoisotopic (exact) mass is 433 g/mol. The standard InChI is InChI=1S/C20H18F3N5OS/c1-10-4-6-11(7-5-10)27-19(2,3)17(29)26-18-25-15-13(20(21,22)23)8-14-12(9-24-28-14)16(15)30-18/h4-9,27H,1-3H3,(H,24,28)(H,25,26,29). The van der Waals surface area contributed by atoms with Crippen molar-refractivity contribution in [3.8, 4) is 0 Å². The number of nitrogens with zero attached hydrogens (tertiary/aromatic N) is 2. The highest BCUT2D eigenvalue weighted by molar-refractivity contribution is 7.23. The summed E-state index contributed by atoms with van der Waals surface area (Å²) >= 11 is 0.984. The van der Waals surface area contributed by atoms with Crippen LogP contribution in [0.25, 0.3) is 21.1 Å². The van der Waals surface area contributed by atoms with Gasteiger partial charge < -0.3 is 5.32 Å². The molecule has 30 heavy (non-hydrogen) atoms. The van der Waals surface area contributed by atoms with Crippen LogP contribution in [0.4, 0.5) is 24.0 Å². The molecule has 0 radical (unpaired) electrons. The van der Waals surface area contributed by atoms with Gasteiger partial charge in [-0.25, -0.2) is 4.98 Å². The fourth-order valence-corrected chi connectivity index (χ4v) is 4.06. The molecule has 0 spiro atoms. The van der Waals surface area contributed by atoms with Crippen LogP contribution < -0.4 is 10.6 Å². The van der Waals surface area contributed by atoms with E-state index in [1.54, 1.807) is 13.8 Å². The maximum Gasteiger partial charge on any atom is 0.418 e. The van der Waals surface area contributed by atoms with Crippen LogP contribution in [0.15, 0.2) is 36.5 Å². The van der Waals surface area contributed by atoms with Crippen LogP contribution in [0.5, 0.6) is 0 Å². The summed E-state index contributed by atoms with van der Waals surface area (Å²) in [7, 11) is 0. The normalized spacial score (nSPS) is 12.5. The van der Waals surface area contributed by atoms with Crippen molar-refractivity contribution >= 4 is 49.2 Å². The molecule has 2 aromatic heterocycles. The highest BCUT2D eigenvalue weighted by atomic mass is 32.1. The fraction of sp³-hybridized carbons (Fsp3) is 0.250. The molecule has 0 fully saturated rings. The van der Waals surface area contributed by atoms with E-state index in [4.69, 9.17) is 0 Å². The third-order valence-corrected chi connectivity index (χ3v) is 5.69. The molecule has 4 rings (SSSR count). The van der Waals surface area contributed by atoms with Crippen LogP contribution >= 0.6 is 11.3 Å². The second kappa shape index (κ2) is 6.98. The van der Waals surface area contributed by atoms with Gasteiger partial charge in [-0.2, -0.15) is 18.3 Å². The number of thiazole rings is 1. The molecule has 0 saturated heterocycles.